The first kappa shape index (κ1) is 12.2. The number of nitrogens with two attached hydrogens (primary N) is 1. The van der Waals surface area contributed by atoms with Crippen molar-refractivity contribution in [3.05, 3.63) is 10.6 Å². The quantitative estimate of drug-likeness (QED) is 0.849. The van der Waals surface area contributed by atoms with Gasteiger partial charge in [0, 0.05) is 36.7 Å². The van der Waals surface area contributed by atoms with Crippen LogP contribution < -0.4 is 10.6 Å². The molecule has 2 rings (SSSR count). The molecule has 0 unspecified atom stereocenters. The van der Waals surface area contributed by atoms with Crippen molar-refractivity contribution in [2.24, 2.45) is 5.73 Å². The van der Waals surface area contributed by atoms with Crippen LogP contribution in [-0.4, -0.2) is 30.6 Å². The van der Waals surface area contributed by atoms with E-state index in [1.54, 1.807) is 11.3 Å². The van der Waals surface area contributed by atoms with E-state index in [1.807, 2.05) is 11.8 Å². The van der Waals surface area contributed by atoms with Gasteiger partial charge in [-0.25, -0.2) is 4.98 Å². The summed E-state index contributed by atoms with van der Waals surface area (Å²) in [5, 5.41) is 1.14. The molecular formula is C11H19N3S2. The second-order valence-electron chi connectivity index (χ2n) is 4.20. The first-order chi connectivity index (χ1) is 7.76. The average molecular weight is 257 g/mol. The Balaban J connectivity index is 2.08. The van der Waals surface area contributed by atoms with Gasteiger partial charge in [-0.3, -0.25) is 0 Å². The number of thioether (sulfide) groups is 1. The van der Waals surface area contributed by atoms with Gasteiger partial charge < -0.3 is 10.6 Å². The molecule has 0 bridgehead atoms. The Kier molecular flexibility index (Phi) is 4.10. The van der Waals surface area contributed by atoms with E-state index in [4.69, 9.17) is 10.7 Å². The highest BCUT2D eigenvalue weighted by Gasteiger charge is 2.29. The van der Waals surface area contributed by atoms with Crippen LogP contribution in [-0.2, 0) is 6.54 Å². The highest BCUT2D eigenvalue weighted by atomic mass is 32.2. The minimum atomic E-state index is 0.639. The molecule has 0 atom stereocenters. The Morgan fingerprint density at radius 3 is 2.88 bits per heavy atom. The molecule has 1 aliphatic carbocycles. The van der Waals surface area contributed by atoms with E-state index in [1.165, 1.54) is 23.4 Å². The van der Waals surface area contributed by atoms with Crippen LogP contribution >= 0.6 is 23.1 Å². The van der Waals surface area contributed by atoms with E-state index in [9.17, 15) is 0 Å². The average Bonchev–Trinajstić information content (AvgIpc) is 3.05. The zero-order chi connectivity index (χ0) is 11.5. The fraction of sp³-hybridized carbons (Fsp3) is 0.727. The molecule has 0 aromatic carbocycles. The summed E-state index contributed by atoms with van der Waals surface area (Å²) in [5.74, 6) is 1.85. The molecule has 1 aromatic heterocycles. The fourth-order valence-electron chi connectivity index (χ4n) is 1.66. The van der Waals surface area contributed by atoms with Crippen molar-refractivity contribution in [1.29, 1.82) is 0 Å². The van der Waals surface area contributed by atoms with E-state index in [0.717, 1.165) is 17.4 Å². The molecule has 0 amide bonds. The Hall–Kier alpha value is -0.260. The minimum Gasteiger partial charge on any atom is -0.350 e. The molecule has 0 saturated heterocycles. The lowest BCUT2D eigenvalue weighted by atomic mass is 10.2. The van der Waals surface area contributed by atoms with Gasteiger partial charge in [-0.2, -0.15) is 11.8 Å². The number of hydrogen-bond donors (Lipinski definition) is 1. The molecule has 0 radical (unpaired) electrons. The first-order valence-electron chi connectivity index (χ1n) is 5.66. The SMILES string of the molecule is CSCCN(C)c1nc(C2CC2)c(CN)s1. The maximum absolute atomic E-state index is 5.78. The lowest BCUT2D eigenvalue weighted by Gasteiger charge is -2.14. The molecule has 16 heavy (non-hydrogen) atoms. The van der Waals surface area contributed by atoms with E-state index < -0.39 is 0 Å². The maximum atomic E-state index is 5.78. The van der Waals surface area contributed by atoms with Crippen molar-refractivity contribution in [2.45, 2.75) is 25.3 Å². The standard InChI is InChI=1S/C11H19N3S2/c1-14(5-6-15-2)11-13-10(8-3-4-8)9(7-12)16-11/h8H,3-7,12H2,1-2H3. The van der Waals surface area contributed by atoms with Crippen molar-refractivity contribution in [3.63, 3.8) is 0 Å². The maximum Gasteiger partial charge on any atom is 0.185 e. The van der Waals surface area contributed by atoms with E-state index >= 15 is 0 Å². The van der Waals surface area contributed by atoms with Crippen LogP contribution in [0.3, 0.4) is 0 Å². The number of nitrogens with zero attached hydrogens (tertiary/aromatic N) is 2. The van der Waals surface area contributed by atoms with Crippen molar-refractivity contribution in [2.75, 3.05) is 30.5 Å². The molecule has 0 aliphatic heterocycles. The van der Waals surface area contributed by atoms with Crippen molar-refractivity contribution < 1.29 is 0 Å². The molecule has 90 valence electrons. The normalized spacial score (nSPS) is 15.4. The minimum absolute atomic E-state index is 0.639. The summed E-state index contributed by atoms with van der Waals surface area (Å²) in [6, 6.07) is 0. The van der Waals surface area contributed by atoms with Crippen LogP contribution in [0.25, 0.3) is 0 Å². The molecule has 1 aliphatic rings. The first-order valence-corrected chi connectivity index (χ1v) is 7.87. The van der Waals surface area contributed by atoms with Gasteiger partial charge in [0.2, 0.25) is 0 Å². The van der Waals surface area contributed by atoms with E-state index in [-0.39, 0.29) is 0 Å². The van der Waals surface area contributed by atoms with E-state index in [2.05, 4.69) is 18.2 Å². The third kappa shape index (κ3) is 2.70. The van der Waals surface area contributed by atoms with Gasteiger partial charge in [0.05, 0.1) is 5.69 Å². The highest BCUT2D eigenvalue weighted by Crippen LogP contribution is 2.43. The summed E-state index contributed by atoms with van der Waals surface area (Å²) in [4.78, 5) is 8.28. The van der Waals surface area contributed by atoms with Gasteiger partial charge in [-0.05, 0) is 19.1 Å². The number of rotatable bonds is 6. The molecule has 1 fully saturated rings. The van der Waals surface area contributed by atoms with Crippen LogP contribution in [0.1, 0.15) is 29.3 Å². The molecule has 0 spiro atoms. The molecule has 1 saturated carbocycles. The van der Waals surface area contributed by atoms with Gasteiger partial charge in [0.1, 0.15) is 0 Å². The van der Waals surface area contributed by atoms with Crippen molar-refractivity contribution >= 4 is 28.2 Å². The lowest BCUT2D eigenvalue weighted by Crippen LogP contribution is -2.19. The zero-order valence-electron chi connectivity index (χ0n) is 9.90. The van der Waals surface area contributed by atoms with Gasteiger partial charge >= 0.3 is 0 Å². The van der Waals surface area contributed by atoms with Crippen molar-refractivity contribution in [1.82, 2.24) is 4.98 Å². The van der Waals surface area contributed by atoms with Crippen molar-refractivity contribution in [3.8, 4) is 0 Å². The second-order valence-corrected chi connectivity index (χ2v) is 6.25. The second kappa shape index (κ2) is 5.38. The summed E-state index contributed by atoms with van der Waals surface area (Å²) in [6.07, 6.45) is 4.73. The molecule has 3 nitrogen and oxygen atoms in total. The third-order valence-corrected chi connectivity index (χ3v) is 4.62. The number of thiazole rings is 1. The summed E-state index contributed by atoms with van der Waals surface area (Å²) in [6.45, 7) is 1.70. The topological polar surface area (TPSA) is 42.2 Å². The number of aromatic nitrogens is 1. The lowest BCUT2D eigenvalue weighted by molar-refractivity contribution is 0.932. The molecule has 1 aromatic rings. The number of hydrogen-bond acceptors (Lipinski definition) is 5. The van der Waals surface area contributed by atoms with Gasteiger partial charge in [0.25, 0.3) is 0 Å². The molecule has 1 heterocycles. The largest absolute Gasteiger partial charge is 0.350 e. The molecule has 2 N–H and O–H groups in total. The van der Waals surface area contributed by atoms with Crippen LogP contribution in [0.15, 0.2) is 0 Å². The van der Waals surface area contributed by atoms with Gasteiger partial charge in [0.15, 0.2) is 5.13 Å². The monoisotopic (exact) mass is 257 g/mol. The Labute approximate surface area is 105 Å². The summed E-state index contributed by atoms with van der Waals surface area (Å²) >= 11 is 3.64. The third-order valence-electron chi connectivity index (χ3n) is 2.82. The number of anilines is 1. The summed E-state index contributed by atoms with van der Waals surface area (Å²) < 4.78 is 0. The van der Waals surface area contributed by atoms with Crippen LogP contribution in [0, 0.1) is 0 Å². The van der Waals surface area contributed by atoms with Crippen LogP contribution in [0.2, 0.25) is 0 Å². The molecule has 5 heteroatoms. The van der Waals surface area contributed by atoms with Crippen LogP contribution in [0.4, 0.5) is 5.13 Å². The summed E-state index contributed by atoms with van der Waals surface area (Å²) in [5.41, 5.74) is 7.05. The smallest absolute Gasteiger partial charge is 0.185 e. The predicted molar refractivity (Wildman–Crippen MR) is 73.6 cm³/mol. The Bertz CT molecular complexity index is 347. The summed E-state index contributed by atoms with van der Waals surface area (Å²) in [7, 11) is 2.12. The van der Waals surface area contributed by atoms with Gasteiger partial charge in [-0.15, -0.1) is 11.3 Å². The Morgan fingerprint density at radius 2 is 2.31 bits per heavy atom. The Morgan fingerprint density at radius 1 is 1.56 bits per heavy atom. The van der Waals surface area contributed by atoms with E-state index in [0.29, 0.717) is 12.5 Å². The zero-order valence-corrected chi connectivity index (χ0v) is 11.5. The van der Waals surface area contributed by atoms with Gasteiger partial charge in [-0.1, -0.05) is 0 Å². The highest BCUT2D eigenvalue weighted by molar-refractivity contribution is 7.98. The predicted octanol–water partition coefficient (Wildman–Crippen LogP) is 2.28. The molecular weight excluding hydrogens is 238 g/mol. The van der Waals surface area contributed by atoms with Crippen LogP contribution in [0.5, 0.6) is 0 Å². The fourth-order valence-corrected chi connectivity index (χ4v) is 3.13.